The molecule has 0 saturated carbocycles. The summed E-state index contributed by atoms with van der Waals surface area (Å²) in [6, 6.07) is 21.1. The van der Waals surface area contributed by atoms with E-state index >= 15 is 0 Å². The van der Waals surface area contributed by atoms with Gasteiger partial charge in [-0.3, -0.25) is 4.98 Å². The van der Waals surface area contributed by atoms with Gasteiger partial charge >= 0.3 is 5.97 Å². The first-order valence-electron chi connectivity index (χ1n) is 9.20. The summed E-state index contributed by atoms with van der Waals surface area (Å²) >= 11 is 0. The second-order valence-electron chi connectivity index (χ2n) is 6.64. The van der Waals surface area contributed by atoms with Crippen LogP contribution in [0, 0.1) is 6.92 Å². The third-order valence-electron chi connectivity index (χ3n) is 4.63. The van der Waals surface area contributed by atoms with Gasteiger partial charge in [0.1, 0.15) is 5.69 Å². The van der Waals surface area contributed by atoms with E-state index in [1.807, 2.05) is 65.5 Å². The lowest BCUT2D eigenvalue weighted by atomic mass is 10.0. The van der Waals surface area contributed by atoms with E-state index in [4.69, 9.17) is 5.10 Å². The van der Waals surface area contributed by atoms with Crippen molar-refractivity contribution in [3.8, 4) is 16.9 Å². The van der Waals surface area contributed by atoms with Crippen LogP contribution < -0.4 is 0 Å². The number of aromatic carboxylic acids is 1. The lowest BCUT2D eigenvalue weighted by Gasteiger charge is -2.04. The highest BCUT2D eigenvalue weighted by molar-refractivity contribution is 5.88. The number of carboxylic acids is 1. The highest BCUT2D eigenvalue weighted by atomic mass is 16.4. The van der Waals surface area contributed by atoms with Gasteiger partial charge in [-0.2, -0.15) is 5.10 Å². The van der Waals surface area contributed by atoms with Crippen molar-refractivity contribution in [1.29, 1.82) is 0 Å². The fourth-order valence-electron chi connectivity index (χ4n) is 3.12. The Labute approximate surface area is 168 Å². The molecule has 0 unspecified atom stereocenters. The summed E-state index contributed by atoms with van der Waals surface area (Å²) in [5.74, 6) is -0.973. The maximum Gasteiger partial charge on any atom is 0.335 e. The quantitative estimate of drug-likeness (QED) is 0.521. The van der Waals surface area contributed by atoms with E-state index in [0.717, 1.165) is 28.1 Å². The smallest absolute Gasteiger partial charge is 0.335 e. The molecule has 0 fully saturated rings. The molecule has 4 rings (SSSR count). The molecule has 5 nitrogen and oxygen atoms in total. The van der Waals surface area contributed by atoms with Crippen LogP contribution >= 0.6 is 0 Å². The van der Waals surface area contributed by atoms with Crippen LogP contribution in [0.15, 0.2) is 79.1 Å². The monoisotopic (exact) mass is 381 g/mol. The van der Waals surface area contributed by atoms with Crippen LogP contribution in [0.5, 0.6) is 0 Å². The van der Waals surface area contributed by atoms with Crippen LogP contribution in [-0.4, -0.2) is 25.8 Å². The molecule has 2 heterocycles. The molecule has 142 valence electrons. The predicted molar refractivity (Wildman–Crippen MR) is 114 cm³/mol. The third kappa shape index (κ3) is 3.99. The molecule has 0 aliphatic heterocycles. The van der Waals surface area contributed by atoms with Crippen LogP contribution in [-0.2, 0) is 0 Å². The van der Waals surface area contributed by atoms with Gasteiger partial charge in [0.05, 0.1) is 16.9 Å². The summed E-state index contributed by atoms with van der Waals surface area (Å²) in [5, 5.41) is 14.0. The molecule has 0 bridgehead atoms. The predicted octanol–water partition coefficient (Wildman–Crippen LogP) is 5.11. The number of rotatable bonds is 5. The maximum atomic E-state index is 11.2. The largest absolute Gasteiger partial charge is 0.478 e. The summed E-state index contributed by atoms with van der Waals surface area (Å²) in [5.41, 5.74) is 5.71. The molecule has 2 aromatic heterocycles. The number of hydrogen-bond acceptors (Lipinski definition) is 3. The normalized spacial score (nSPS) is 11.1. The molecule has 0 amide bonds. The SMILES string of the molecule is Cc1ccccc1-c1nn(-c2ccccc2)cc1C=Cc1cc(C(=O)O)ccn1. The minimum absolute atomic E-state index is 0.207. The zero-order valence-corrected chi connectivity index (χ0v) is 15.9. The Bertz CT molecular complexity index is 1190. The minimum Gasteiger partial charge on any atom is -0.478 e. The van der Waals surface area contributed by atoms with Gasteiger partial charge in [0.15, 0.2) is 0 Å². The van der Waals surface area contributed by atoms with Gasteiger partial charge < -0.3 is 5.11 Å². The van der Waals surface area contributed by atoms with Crippen molar-refractivity contribution in [2.45, 2.75) is 6.92 Å². The Balaban J connectivity index is 1.79. The van der Waals surface area contributed by atoms with Crippen LogP contribution in [0.25, 0.3) is 29.1 Å². The lowest BCUT2D eigenvalue weighted by Crippen LogP contribution is -1.96. The van der Waals surface area contributed by atoms with Crippen LogP contribution in [0.4, 0.5) is 0 Å². The zero-order chi connectivity index (χ0) is 20.2. The number of para-hydroxylation sites is 1. The number of pyridine rings is 1. The Hall–Kier alpha value is -3.99. The summed E-state index contributed by atoms with van der Waals surface area (Å²) < 4.78 is 1.85. The van der Waals surface area contributed by atoms with E-state index in [2.05, 4.69) is 18.0 Å². The van der Waals surface area contributed by atoms with E-state index in [9.17, 15) is 9.90 Å². The van der Waals surface area contributed by atoms with Crippen LogP contribution in [0.2, 0.25) is 0 Å². The molecule has 1 N–H and O–H groups in total. The van der Waals surface area contributed by atoms with Crippen LogP contribution in [0.1, 0.15) is 27.2 Å². The van der Waals surface area contributed by atoms with Gasteiger partial charge in [-0.15, -0.1) is 0 Å². The molecule has 0 atom stereocenters. The topological polar surface area (TPSA) is 68.0 Å². The molecular weight excluding hydrogens is 362 g/mol. The Morgan fingerprint density at radius 3 is 2.52 bits per heavy atom. The summed E-state index contributed by atoms with van der Waals surface area (Å²) in [7, 11) is 0. The third-order valence-corrected chi connectivity index (χ3v) is 4.63. The van der Waals surface area contributed by atoms with E-state index in [1.54, 1.807) is 12.1 Å². The van der Waals surface area contributed by atoms with Crippen molar-refractivity contribution in [3.63, 3.8) is 0 Å². The fourth-order valence-corrected chi connectivity index (χ4v) is 3.12. The standard InChI is InChI=1S/C24H19N3O2/c1-17-7-5-6-10-22(17)23-19(16-27(26-23)21-8-3-2-4-9-21)11-12-20-15-18(24(28)29)13-14-25-20/h2-16H,1H3,(H,28,29). The van der Waals surface area contributed by atoms with E-state index in [1.165, 1.54) is 12.3 Å². The maximum absolute atomic E-state index is 11.2. The van der Waals surface area contributed by atoms with Crippen molar-refractivity contribution >= 4 is 18.1 Å². The highest BCUT2D eigenvalue weighted by Gasteiger charge is 2.12. The second-order valence-corrected chi connectivity index (χ2v) is 6.64. The molecule has 0 spiro atoms. The number of benzene rings is 2. The molecule has 0 saturated heterocycles. The summed E-state index contributed by atoms with van der Waals surface area (Å²) in [6.07, 6.45) is 7.19. The van der Waals surface area contributed by atoms with E-state index in [0.29, 0.717) is 5.69 Å². The first-order chi connectivity index (χ1) is 14.1. The van der Waals surface area contributed by atoms with E-state index in [-0.39, 0.29) is 5.56 Å². The Morgan fingerprint density at radius 1 is 1.00 bits per heavy atom. The van der Waals surface area contributed by atoms with Crippen molar-refractivity contribution < 1.29 is 9.90 Å². The van der Waals surface area contributed by atoms with Gasteiger partial charge in [0, 0.05) is 23.5 Å². The van der Waals surface area contributed by atoms with Gasteiger partial charge in [-0.25, -0.2) is 9.48 Å². The zero-order valence-electron chi connectivity index (χ0n) is 15.9. The number of aromatic nitrogens is 3. The van der Waals surface area contributed by atoms with Gasteiger partial charge in [0.2, 0.25) is 0 Å². The molecule has 0 radical (unpaired) electrons. The molecule has 0 aliphatic rings. The average molecular weight is 381 g/mol. The number of aryl methyl sites for hydroxylation is 1. The van der Waals surface area contributed by atoms with E-state index < -0.39 is 5.97 Å². The lowest BCUT2D eigenvalue weighted by molar-refractivity contribution is 0.0696. The number of hydrogen-bond donors (Lipinski definition) is 1. The van der Waals surface area contributed by atoms with Crippen molar-refractivity contribution in [3.05, 3.63) is 102 Å². The number of carbonyl (C=O) groups is 1. The van der Waals surface area contributed by atoms with Crippen molar-refractivity contribution in [2.24, 2.45) is 0 Å². The number of carboxylic acid groups (broad SMARTS) is 1. The Morgan fingerprint density at radius 2 is 1.76 bits per heavy atom. The minimum atomic E-state index is -0.973. The summed E-state index contributed by atoms with van der Waals surface area (Å²) in [6.45, 7) is 2.06. The van der Waals surface area contributed by atoms with Gasteiger partial charge in [-0.1, -0.05) is 42.5 Å². The average Bonchev–Trinajstić information content (AvgIpc) is 3.17. The first-order valence-corrected chi connectivity index (χ1v) is 9.20. The van der Waals surface area contributed by atoms with Crippen molar-refractivity contribution in [2.75, 3.05) is 0 Å². The summed E-state index contributed by atoms with van der Waals surface area (Å²) in [4.78, 5) is 15.4. The van der Waals surface area contributed by atoms with Gasteiger partial charge in [0.25, 0.3) is 0 Å². The molecule has 29 heavy (non-hydrogen) atoms. The Kier molecular flexibility index (Phi) is 5.03. The van der Waals surface area contributed by atoms with Crippen molar-refractivity contribution in [1.82, 2.24) is 14.8 Å². The van der Waals surface area contributed by atoms with Crippen LogP contribution in [0.3, 0.4) is 0 Å². The fraction of sp³-hybridized carbons (Fsp3) is 0.0417. The number of nitrogens with zero attached hydrogens (tertiary/aromatic N) is 3. The van der Waals surface area contributed by atoms with Gasteiger partial charge in [-0.05, 0) is 48.9 Å². The molecule has 0 aliphatic carbocycles. The first kappa shape index (κ1) is 18.4. The molecule has 2 aromatic carbocycles. The second kappa shape index (κ2) is 7.94. The molecule has 4 aromatic rings. The highest BCUT2D eigenvalue weighted by Crippen LogP contribution is 2.28. The molecule has 5 heteroatoms. The molecular formula is C24H19N3O2.